The van der Waals surface area contributed by atoms with Gasteiger partial charge < -0.3 is 15.0 Å². The summed E-state index contributed by atoms with van der Waals surface area (Å²) >= 11 is 3.50. The van der Waals surface area contributed by atoms with Gasteiger partial charge in [-0.15, -0.1) is 0 Å². The molecule has 5 nitrogen and oxygen atoms in total. The van der Waals surface area contributed by atoms with Crippen molar-refractivity contribution in [2.75, 3.05) is 0 Å². The Hall–Kier alpha value is -1.40. The van der Waals surface area contributed by atoms with E-state index >= 15 is 0 Å². The average Bonchev–Trinajstić information content (AvgIpc) is 3.11. The minimum atomic E-state index is -0.439. The number of nitrogens with two attached hydrogens (primary N) is 1. The van der Waals surface area contributed by atoms with Crippen molar-refractivity contribution in [1.29, 1.82) is 0 Å². The smallest absolute Gasteiger partial charge is 0.267 e. The summed E-state index contributed by atoms with van der Waals surface area (Å²) in [7, 11) is 0. The molecule has 1 aromatic heterocycles. The van der Waals surface area contributed by atoms with Crippen LogP contribution in [0.2, 0.25) is 0 Å². The Morgan fingerprint density at radius 3 is 2.77 bits per heavy atom. The lowest BCUT2D eigenvalue weighted by molar-refractivity contribution is 0.174. The van der Waals surface area contributed by atoms with Crippen LogP contribution in [-0.4, -0.2) is 10.1 Å². The Kier molecular flexibility index (Phi) is 4.23. The zero-order valence-electron chi connectivity index (χ0n) is 12.8. The summed E-state index contributed by atoms with van der Waals surface area (Å²) in [6, 6.07) is 5.93. The van der Waals surface area contributed by atoms with Crippen molar-refractivity contribution in [2.24, 2.45) is 5.73 Å². The van der Waals surface area contributed by atoms with E-state index in [-0.39, 0.29) is 6.10 Å². The number of hydrogen-bond donors (Lipinski definition) is 1. The van der Waals surface area contributed by atoms with E-state index in [4.69, 9.17) is 15.0 Å². The van der Waals surface area contributed by atoms with Gasteiger partial charge in [-0.1, -0.05) is 24.1 Å². The first-order chi connectivity index (χ1) is 10.5. The number of halogens is 1. The van der Waals surface area contributed by atoms with Crippen molar-refractivity contribution >= 4 is 15.9 Å². The summed E-state index contributed by atoms with van der Waals surface area (Å²) in [6.45, 7) is 3.92. The summed E-state index contributed by atoms with van der Waals surface area (Å²) < 4.78 is 12.2. The van der Waals surface area contributed by atoms with E-state index in [0.717, 1.165) is 35.9 Å². The van der Waals surface area contributed by atoms with Gasteiger partial charge in [0.05, 0.1) is 10.0 Å². The third kappa shape index (κ3) is 3.03. The second-order valence-corrected chi connectivity index (χ2v) is 6.87. The number of ether oxygens (including phenoxy) is 1. The molecule has 2 aromatic rings. The molecule has 1 unspecified atom stereocenters. The number of nitrogens with zero attached hydrogens (tertiary/aromatic N) is 2. The number of hydrogen-bond acceptors (Lipinski definition) is 5. The third-order valence-corrected chi connectivity index (χ3v) is 4.74. The first kappa shape index (κ1) is 15.5. The molecule has 0 saturated heterocycles. The molecule has 1 atom stereocenters. The second-order valence-electron chi connectivity index (χ2n) is 6.01. The van der Waals surface area contributed by atoms with Crippen LogP contribution in [0.3, 0.4) is 0 Å². The quantitative estimate of drug-likeness (QED) is 0.885. The summed E-state index contributed by atoms with van der Waals surface area (Å²) in [5.74, 6) is 1.80. The van der Waals surface area contributed by atoms with Crippen LogP contribution < -0.4 is 10.5 Å². The van der Waals surface area contributed by atoms with E-state index in [9.17, 15) is 0 Å². The Labute approximate surface area is 138 Å². The Morgan fingerprint density at radius 1 is 1.36 bits per heavy atom. The van der Waals surface area contributed by atoms with E-state index in [2.05, 4.69) is 26.1 Å². The SMILES string of the molecule is Cc1ccc(OC(C)c2nc(C3(N)CCCC3)no2)c(Br)c1. The molecular formula is C16H20BrN3O2. The van der Waals surface area contributed by atoms with Gasteiger partial charge in [-0.05, 0) is 60.3 Å². The molecule has 1 fully saturated rings. The molecule has 1 aliphatic rings. The lowest BCUT2D eigenvalue weighted by atomic mass is 9.99. The molecule has 0 spiro atoms. The van der Waals surface area contributed by atoms with Crippen LogP contribution in [0.25, 0.3) is 0 Å². The van der Waals surface area contributed by atoms with Crippen LogP contribution in [0, 0.1) is 6.92 Å². The van der Waals surface area contributed by atoms with E-state index < -0.39 is 5.54 Å². The van der Waals surface area contributed by atoms with Gasteiger partial charge >= 0.3 is 0 Å². The highest BCUT2D eigenvalue weighted by atomic mass is 79.9. The number of aromatic nitrogens is 2. The lowest BCUT2D eigenvalue weighted by Crippen LogP contribution is -2.34. The first-order valence-electron chi connectivity index (χ1n) is 7.54. The van der Waals surface area contributed by atoms with Gasteiger partial charge in [-0.25, -0.2) is 0 Å². The minimum absolute atomic E-state index is 0.328. The molecule has 0 amide bonds. The van der Waals surface area contributed by atoms with Crippen LogP contribution in [-0.2, 0) is 5.54 Å². The van der Waals surface area contributed by atoms with Gasteiger partial charge in [-0.2, -0.15) is 4.98 Å². The summed E-state index contributed by atoms with van der Waals surface area (Å²) in [6.07, 6.45) is 3.71. The van der Waals surface area contributed by atoms with Gasteiger partial charge in [-0.3, -0.25) is 0 Å². The molecule has 118 valence electrons. The molecular weight excluding hydrogens is 346 g/mol. The standard InChI is InChI=1S/C16H20BrN3O2/c1-10-5-6-13(12(17)9-10)21-11(2)14-19-15(20-22-14)16(18)7-3-4-8-16/h5-6,9,11H,3-4,7-8,18H2,1-2H3. The fraction of sp³-hybridized carbons (Fsp3) is 0.500. The summed E-state index contributed by atoms with van der Waals surface area (Å²) in [5, 5.41) is 4.07. The highest BCUT2D eigenvalue weighted by Crippen LogP contribution is 2.35. The van der Waals surface area contributed by atoms with Crippen LogP contribution in [0.15, 0.2) is 27.2 Å². The topological polar surface area (TPSA) is 74.2 Å². The molecule has 2 N–H and O–H groups in total. The second kappa shape index (κ2) is 6.01. The predicted octanol–water partition coefficient (Wildman–Crippen LogP) is 4.01. The highest BCUT2D eigenvalue weighted by Gasteiger charge is 2.36. The van der Waals surface area contributed by atoms with Crippen molar-refractivity contribution < 1.29 is 9.26 Å². The largest absolute Gasteiger partial charge is 0.480 e. The van der Waals surface area contributed by atoms with Crippen molar-refractivity contribution in [1.82, 2.24) is 10.1 Å². The molecule has 0 aliphatic heterocycles. The lowest BCUT2D eigenvalue weighted by Gasteiger charge is -2.18. The fourth-order valence-corrected chi connectivity index (χ4v) is 3.36. The molecule has 1 saturated carbocycles. The molecule has 1 aliphatic carbocycles. The van der Waals surface area contributed by atoms with Gasteiger partial charge in [0, 0.05) is 0 Å². The number of aryl methyl sites for hydroxylation is 1. The Balaban J connectivity index is 1.75. The monoisotopic (exact) mass is 365 g/mol. The molecule has 1 aromatic carbocycles. The zero-order valence-corrected chi connectivity index (χ0v) is 14.4. The van der Waals surface area contributed by atoms with Crippen molar-refractivity contribution in [2.45, 2.75) is 51.2 Å². The molecule has 22 heavy (non-hydrogen) atoms. The van der Waals surface area contributed by atoms with Crippen molar-refractivity contribution in [3.63, 3.8) is 0 Å². The summed E-state index contributed by atoms with van der Waals surface area (Å²) in [4.78, 5) is 4.46. The van der Waals surface area contributed by atoms with Gasteiger partial charge in [0.1, 0.15) is 5.75 Å². The zero-order chi connectivity index (χ0) is 15.7. The van der Waals surface area contributed by atoms with Crippen molar-refractivity contribution in [3.8, 4) is 5.75 Å². The van der Waals surface area contributed by atoms with Crippen LogP contribution in [0.1, 0.15) is 56.0 Å². The predicted molar refractivity (Wildman–Crippen MR) is 86.6 cm³/mol. The fourth-order valence-electron chi connectivity index (χ4n) is 2.77. The van der Waals surface area contributed by atoms with Crippen LogP contribution in [0.4, 0.5) is 0 Å². The average molecular weight is 366 g/mol. The minimum Gasteiger partial charge on any atom is -0.480 e. The highest BCUT2D eigenvalue weighted by molar-refractivity contribution is 9.10. The third-order valence-electron chi connectivity index (χ3n) is 4.12. The van der Waals surface area contributed by atoms with Gasteiger partial charge in [0.15, 0.2) is 11.9 Å². The maximum absolute atomic E-state index is 6.35. The normalized spacial score (nSPS) is 18.4. The van der Waals surface area contributed by atoms with Gasteiger partial charge in [0.25, 0.3) is 5.89 Å². The van der Waals surface area contributed by atoms with Crippen LogP contribution in [0.5, 0.6) is 5.75 Å². The van der Waals surface area contributed by atoms with E-state index in [1.807, 2.05) is 32.0 Å². The van der Waals surface area contributed by atoms with Gasteiger partial charge in [0.2, 0.25) is 0 Å². The summed E-state index contributed by atoms with van der Waals surface area (Å²) in [5.41, 5.74) is 7.08. The molecule has 6 heteroatoms. The number of benzene rings is 1. The molecule has 0 bridgehead atoms. The van der Waals surface area contributed by atoms with E-state index in [1.54, 1.807) is 0 Å². The van der Waals surface area contributed by atoms with Crippen LogP contribution >= 0.6 is 15.9 Å². The Morgan fingerprint density at radius 2 is 2.09 bits per heavy atom. The molecule has 3 rings (SSSR count). The molecule has 1 heterocycles. The Bertz CT molecular complexity index is 665. The molecule has 0 radical (unpaired) electrons. The maximum atomic E-state index is 6.35. The van der Waals surface area contributed by atoms with E-state index in [0.29, 0.717) is 11.7 Å². The maximum Gasteiger partial charge on any atom is 0.267 e. The number of rotatable bonds is 4. The van der Waals surface area contributed by atoms with Crippen molar-refractivity contribution in [3.05, 3.63) is 40.0 Å². The first-order valence-corrected chi connectivity index (χ1v) is 8.33. The van der Waals surface area contributed by atoms with E-state index in [1.165, 1.54) is 5.56 Å².